The van der Waals surface area contributed by atoms with Crippen molar-refractivity contribution in [1.82, 2.24) is 15.5 Å². The first-order valence-electron chi connectivity index (χ1n) is 7.54. The van der Waals surface area contributed by atoms with Gasteiger partial charge in [-0.15, -0.1) is 0 Å². The van der Waals surface area contributed by atoms with E-state index in [1.54, 1.807) is 0 Å². The van der Waals surface area contributed by atoms with Gasteiger partial charge < -0.3 is 9.73 Å². The summed E-state index contributed by atoms with van der Waals surface area (Å²) in [5, 5.41) is 5.74. The number of amides is 1. The van der Waals surface area contributed by atoms with Gasteiger partial charge in [-0.05, 0) is 42.1 Å². The highest BCUT2D eigenvalue weighted by molar-refractivity contribution is 7.81. The van der Waals surface area contributed by atoms with Crippen LogP contribution in [0.15, 0.2) is 34.9 Å². The molecule has 1 aromatic carbocycles. The summed E-state index contributed by atoms with van der Waals surface area (Å²) in [6, 6.07) is 5.97. The first kappa shape index (κ1) is 19.6. The Bertz CT molecular complexity index is 913. The van der Waals surface area contributed by atoms with Crippen LogP contribution < -0.4 is 10.6 Å². The number of hydrogen-bond donors (Lipinski definition) is 2. The number of carbonyl (C=O) groups is 1. The Kier molecular flexibility index (Phi) is 5.41. The largest absolute Gasteiger partial charge is 0.458 e. The molecule has 1 fully saturated rings. The second kappa shape index (κ2) is 7.45. The topological polar surface area (TPSA) is 57.5 Å². The standard InChI is InChI=1S/C16H11ClF3N3O2S2/c17-9-3-1-8(2-4-9)10-7-25-12(16(18,19)20)11(10)13(24)22-15(27)23-6-5-21-14(23)26/h1-4,7H,5-6H2,(H,21,26)(H,22,24,27). The Balaban J connectivity index is 1.97. The van der Waals surface area contributed by atoms with E-state index in [4.69, 9.17) is 36.0 Å². The lowest BCUT2D eigenvalue weighted by molar-refractivity contribution is -0.153. The molecule has 0 bridgehead atoms. The van der Waals surface area contributed by atoms with Gasteiger partial charge in [0.2, 0.25) is 5.76 Å². The monoisotopic (exact) mass is 433 g/mol. The molecule has 2 heterocycles. The Labute approximate surface area is 167 Å². The molecule has 3 rings (SSSR count). The van der Waals surface area contributed by atoms with Gasteiger partial charge in [0.05, 0.1) is 11.8 Å². The number of thiocarbonyl (C=S) groups is 2. The van der Waals surface area contributed by atoms with Crippen LogP contribution in [0.1, 0.15) is 16.1 Å². The predicted molar refractivity (Wildman–Crippen MR) is 102 cm³/mol. The minimum absolute atomic E-state index is 0.0265. The van der Waals surface area contributed by atoms with Crippen LogP contribution in [0.5, 0.6) is 0 Å². The average molecular weight is 434 g/mol. The molecule has 0 radical (unpaired) electrons. The summed E-state index contributed by atoms with van der Waals surface area (Å²) < 4.78 is 44.7. The van der Waals surface area contributed by atoms with Crippen molar-refractivity contribution in [2.45, 2.75) is 6.18 Å². The zero-order valence-corrected chi connectivity index (χ0v) is 15.8. The fourth-order valence-corrected chi connectivity index (χ4v) is 3.27. The third-order valence-electron chi connectivity index (χ3n) is 3.75. The van der Waals surface area contributed by atoms with Gasteiger partial charge in [0, 0.05) is 23.7 Å². The van der Waals surface area contributed by atoms with Gasteiger partial charge in [-0.25, -0.2) is 0 Å². The summed E-state index contributed by atoms with van der Waals surface area (Å²) in [7, 11) is 0. The zero-order valence-electron chi connectivity index (χ0n) is 13.4. The van der Waals surface area contributed by atoms with Gasteiger partial charge in [-0.3, -0.25) is 15.0 Å². The molecule has 2 N–H and O–H groups in total. The van der Waals surface area contributed by atoms with E-state index in [9.17, 15) is 18.0 Å². The van der Waals surface area contributed by atoms with Gasteiger partial charge >= 0.3 is 6.18 Å². The summed E-state index contributed by atoms with van der Waals surface area (Å²) in [6.45, 7) is 0.921. The van der Waals surface area contributed by atoms with E-state index >= 15 is 0 Å². The molecule has 0 saturated carbocycles. The highest BCUT2D eigenvalue weighted by Gasteiger charge is 2.41. The lowest BCUT2D eigenvalue weighted by atomic mass is 10.0. The lowest BCUT2D eigenvalue weighted by Gasteiger charge is -2.18. The number of rotatable bonds is 2. The number of hydrogen-bond acceptors (Lipinski definition) is 4. The van der Waals surface area contributed by atoms with Gasteiger partial charge in [-0.1, -0.05) is 23.7 Å². The van der Waals surface area contributed by atoms with Crippen molar-refractivity contribution in [3.63, 3.8) is 0 Å². The minimum atomic E-state index is -4.86. The Morgan fingerprint density at radius 2 is 1.96 bits per heavy atom. The Morgan fingerprint density at radius 1 is 1.30 bits per heavy atom. The quantitative estimate of drug-likeness (QED) is 0.702. The lowest BCUT2D eigenvalue weighted by Crippen LogP contribution is -2.44. The molecular weight excluding hydrogens is 423 g/mol. The minimum Gasteiger partial charge on any atom is -0.458 e. The molecule has 1 aromatic heterocycles. The molecule has 1 saturated heterocycles. The van der Waals surface area contributed by atoms with E-state index in [0.29, 0.717) is 28.8 Å². The highest BCUT2D eigenvalue weighted by atomic mass is 35.5. The van der Waals surface area contributed by atoms with E-state index in [0.717, 1.165) is 6.26 Å². The number of halogens is 4. The van der Waals surface area contributed by atoms with E-state index < -0.39 is 23.4 Å². The number of carbonyl (C=O) groups excluding carboxylic acids is 1. The van der Waals surface area contributed by atoms with E-state index in [2.05, 4.69) is 15.1 Å². The van der Waals surface area contributed by atoms with Crippen LogP contribution >= 0.6 is 36.0 Å². The van der Waals surface area contributed by atoms with Crippen molar-refractivity contribution >= 4 is 52.2 Å². The number of nitrogens with zero attached hydrogens (tertiary/aromatic N) is 1. The second-order valence-electron chi connectivity index (χ2n) is 5.50. The third-order valence-corrected chi connectivity index (χ3v) is 4.69. The van der Waals surface area contributed by atoms with E-state index in [1.807, 2.05) is 0 Å². The Morgan fingerprint density at radius 3 is 2.52 bits per heavy atom. The average Bonchev–Trinajstić information content (AvgIpc) is 3.21. The van der Waals surface area contributed by atoms with Crippen molar-refractivity contribution in [1.29, 1.82) is 0 Å². The first-order valence-corrected chi connectivity index (χ1v) is 8.73. The second-order valence-corrected chi connectivity index (χ2v) is 6.71. The molecule has 27 heavy (non-hydrogen) atoms. The molecule has 1 amide bonds. The van der Waals surface area contributed by atoms with Crippen LogP contribution in [-0.2, 0) is 6.18 Å². The summed E-state index contributed by atoms with van der Waals surface area (Å²) in [5.41, 5.74) is -0.347. The van der Waals surface area contributed by atoms with Crippen molar-refractivity contribution < 1.29 is 22.4 Å². The fraction of sp³-hybridized carbons (Fsp3) is 0.188. The van der Waals surface area contributed by atoms with E-state index in [1.165, 1.54) is 29.2 Å². The van der Waals surface area contributed by atoms with Gasteiger partial charge in [-0.2, -0.15) is 13.2 Å². The number of benzene rings is 1. The molecule has 5 nitrogen and oxygen atoms in total. The van der Waals surface area contributed by atoms with E-state index in [-0.39, 0.29) is 10.7 Å². The SMILES string of the molecule is O=C(NC(=S)N1CCNC1=S)c1c(-c2ccc(Cl)cc2)coc1C(F)(F)F. The summed E-state index contributed by atoms with van der Waals surface area (Å²) in [6.07, 6.45) is -3.98. The van der Waals surface area contributed by atoms with Crippen LogP contribution in [0, 0.1) is 0 Å². The summed E-state index contributed by atoms with van der Waals surface area (Å²) in [5.74, 6) is -2.45. The van der Waals surface area contributed by atoms with Crippen molar-refractivity contribution in [2.75, 3.05) is 13.1 Å². The highest BCUT2D eigenvalue weighted by Crippen LogP contribution is 2.38. The van der Waals surface area contributed by atoms with Gasteiger partial charge in [0.25, 0.3) is 5.91 Å². The molecule has 0 aliphatic carbocycles. The predicted octanol–water partition coefficient (Wildman–Crippen LogP) is 3.82. The van der Waals surface area contributed by atoms with Crippen molar-refractivity contribution in [3.05, 3.63) is 46.9 Å². The third kappa shape index (κ3) is 4.07. The maximum atomic E-state index is 13.3. The molecular formula is C16H11ClF3N3O2S2. The number of nitrogens with one attached hydrogen (secondary N) is 2. The summed E-state index contributed by atoms with van der Waals surface area (Å²) in [4.78, 5) is 14.0. The molecule has 0 atom stereocenters. The molecule has 1 aliphatic heterocycles. The maximum absolute atomic E-state index is 13.3. The van der Waals surface area contributed by atoms with Crippen LogP contribution in [0.25, 0.3) is 11.1 Å². The molecule has 11 heteroatoms. The van der Waals surface area contributed by atoms with Crippen LogP contribution in [0.3, 0.4) is 0 Å². The Hall–Kier alpha value is -2.17. The molecule has 142 valence electrons. The maximum Gasteiger partial charge on any atom is 0.450 e. The van der Waals surface area contributed by atoms with Gasteiger partial charge in [0.15, 0.2) is 10.2 Å². The summed E-state index contributed by atoms with van der Waals surface area (Å²) >= 11 is 15.9. The molecule has 1 aliphatic rings. The molecule has 0 spiro atoms. The normalized spacial score (nSPS) is 14.2. The smallest absolute Gasteiger partial charge is 0.450 e. The number of furan rings is 1. The number of alkyl halides is 3. The van der Waals surface area contributed by atoms with Crippen molar-refractivity contribution in [3.8, 4) is 11.1 Å². The van der Waals surface area contributed by atoms with Crippen LogP contribution in [0.4, 0.5) is 13.2 Å². The zero-order chi connectivity index (χ0) is 19.8. The first-order chi connectivity index (χ1) is 12.7. The van der Waals surface area contributed by atoms with Gasteiger partial charge in [0.1, 0.15) is 0 Å². The fourth-order valence-electron chi connectivity index (χ4n) is 2.53. The van der Waals surface area contributed by atoms with Crippen LogP contribution in [0.2, 0.25) is 5.02 Å². The van der Waals surface area contributed by atoms with Crippen molar-refractivity contribution in [2.24, 2.45) is 0 Å². The van der Waals surface area contributed by atoms with Crippen LogP contribution in [-0.4, -0.2) is 34.1 Å². The molecule has 2 aromatic rings. The molecule has 0 unspecified atom stereocenters.